The molecule has 0 bridgehead atoms. The molecule has 0 aliphatic heterocycles. The number of hydrogen-bond acceptors (Lipinski definition) is 3. The number of carbonyl (C=O) groups excluding carboxylic acids is 1. The molecule has 1 rings (SSSR count). The van der Waals surface area contributed by atoms with Gasteiger partial charge in [-0.15, -0.1) is 17.9 Å². The van der Waals surface area contributed by atoms with Crippen molar-refractivity contribution < 1.29 is 14.7 Å². The first-order valence-electron chi connectivity index (χ1n) is 5.25. The monoisotopic (exact) mass is 253 g/mol. The van der Waals surface area contributed by atoms with E-state index in [0.717, 1.165) is 4.88 Å². The van der Waals surface area contributed by atoms with Crippen LogP contribution in [-0.4, -0.2) is 23.0 Å². The summed E-state index contributed by atoms with van der Waals surface area (Å²) < 4.78 is 0. The zero-order valence-electron chi connectivity index (χ0n) is 9.60. The maximum atomic E-state index is 11.7. The second kappa shape index (κ2) is 6.20. The average Bonchev–Trinajstić information content (AvgIpc) is 2.70. The Bertz CT molecular complexity index is 425. The SMILES string of the molecule is C=CCCC(NC(=O)c1ccc(C)s1)C(=O)O. The predicted molar refractivity (Wildman–Crippen MR) is 67.4 cm³/mol. The Morgan fingerprint density at radius 2 is 2.29 bits per heavy atom. The van der Waals surface area contributed by atoms with Gasteiger partial charge in [-0.05, 0) is 31.9 Å². The molecule has 4 nitrogen and oxygen atoms in total. The van der Waals surface area contributed by atoms with Crippen molar-refractivity contribution in [3.05, 3.63) is 34.5 Å². The lowest BCUT2D eigenvalue weighted by atomic mass is 10.1. The third kappa shape index (κ3) is 4.03. The summed E-state index contributed by atoms with van der Waals surface area (Å²) in [6.07, 6.45) is 2.55. The molecule has 2 N–H and O–H groups in total. The fourth-order valence-corrected chi connectivity index (χ4v) is 2.10. The minimum absolute atomic E-state index is 0.334. The zero-order chi connectivity index (χ0) is 12.8. The van der Waals surface area contributed by atoms with E-state index >= 15 is 0 Å². The van der Waals surface area contributed by atoms with Gasteiger partial charge in [0.1, 0.15) is 6.04 Å². The molecule has 1 unspecified atom stereocenters. The summed E-state index contributed by atoms with van der Waals surface area (Å²) in [7, 11) is 0. The molecule has 0 fully saturated rings. The smallest absolute Gasteiger partial charge is 0.326 e. The minimum Gasteiger partial charge on any atom is -0.480 e. The molecular weight excluding hydrogens is 238 g/mol. The van der Waals surface area contributed by atoms with Gasteiger partial charge in [-0.2, -0.15) is 0 Å². The fourth-order valence-electron chi connectivity index (χ4n) is 1.33. The van der Waals surface area contributed by atoms with Crippen LogP contribution in [0.15, 0.2) is 24.8 Å². The van der Waals surface area contributed by atoms with Crippen LogP contribution in [-0.2, 0) is 4.79 Å². The van der Waals surface area contributed by atoms with E-state index in [-0.39, 0.29) is 5.91 Å². The van der Waals surface area contributed by atoms with E-state index in [0.29, 0.717) is 17.7 Å². The third-order valence-electron chi connectivity index (χ3n) is 2.23. The van der Waals surface area contributed by atoms with Crippen molar-refractivity contribution in [3.63, 3.8) is 0 Å². The number of aliphatic carboxylic acids is 1. The van der Waals surface area contributed by atoms with Crippen molar-refractivity contribution in [2.45, 2.75) is 25.8 Å². The highest BCUT2D eigenvalue weighted by molar-refractivity contribution is 7.13. The van der Waals surface area contributed by atoms with Crippen LogP contribution in [0.3, 0.4) is 0 Å². The molecule has 1 atom stereocenters. The van der Waals surface area contributed by atoms with Gasteiger partial charge in [0.2, 0.25) is 0 Å². The van der Waals surface area contributed by atoms with Crippen molar-refractivity contribution >= 4 is 23.2 Å². The second-order valence-electron chi connectivity index (χ2n) is 3.64. The molecule has 0 saturated heterocycles. The molecule has 1 amide bonds. The average molecular weight is 253 g/mol. The predicted octanol–water partition coefficient (Wildman–Crippen LogP) is 2.21. The van der Waals surface area contributed by atoms with Gasteiger partial charge in [0.25, 0.3) is 5.91 Å². The first-order valence-corrected chi connectivity index (χ1v) is 6.07. The summed E-state index contributed by atoms with van der Waals surface area (Å²) in [6, 6.07) is 2.67. The molecular formula is C12H15NO3S. The number of rotatable bonds is 6. The fraction of sp³-hybridized carbons (Fsp3) is 0.333. The van der Waals surface area contributed by atoms with Crippen molar-refractivity contribution in [1.82, 2.24) is 5.32 Å². The molecule has 0 aliphatic carbocycles. The van der Waals surface area contributed by atoms with Gasteiger partial charge in [0, 0.05) is 4.88 Å². The highest BCUT2D eigenvalue weighted by Gasteiger charge is 2.20. The zero-order valence-corrected chi connectivity index (χ0v) is 10.4. The molecule has 1 aromatic rings. The van der Waals surface area contributed by atoms with Gasteiger partial charge in [-0.1, -0.05) is 6.08 Å². The van der Waals surface area contributed by atoms with Crippen molar-refractivity contribution in [1.29, 1.82) is 0 Å². The Kier molecular flexibility index (Phi) is 4.90. The number of carboxylic acids is 1. The van der Waals surface area contributed by atoms with Gasteiger partial charge >= 0.3 is 5.97 Å². The number of carbonyl (C=O) groups is 2. The summed E-state index contributed by atoms with van der Waals surface area (Å²) in [6.45, 7) is 5.43. The van der Waals surface area contributed by atoms with Crippen LogP contribution in [0.2, 0.25) is 0 Å². The number of aryl methyl sites for hydroxylation is 1. The molecule has 0 radical (unpaired) electrons. The Morgan fingerprint density at radius 3 is 2.76 bits per heavy atom. The summed E-state index contributed by atoms with van der Waals surface area (Å²) in [5, 5.41) is 11.5. The number of nitrogens with one attached hydrogen (secondary N) is 1. The molecule has 0 saturated carbocycles. The van der Waals surface area contributed by atoms with E-state index in [1.165, 1.54) is 11.3 Å². The van der Waals surface area contributed by atoms with Crippen LogP contribution in [0.4, 0.5) is 0 Å². The maximum Gasteiger partial charge on any atom is 0.326 e. The van der Waals surface area contributed by atoms with E-state index in [2.05, 4.69) is 11.9 Å². The number of amides is 1. The van der Waals surface area contributed by atoms with Crippen molar-refractivity contribution in [3.8, 4) is 0 Å². The first kappa shape index (κ1) is 13.4. The van der Waals surface area contributed by atoms with Crippen LogP contribution >= 0.6 is 11.3 Å². The molecule has 0 spiro atoms. The minimum atomic E-state index is -1.02. The van der Waals surface area contributed by atoms with Crippen LogP contribution in [0.25, 0.3) is 0 Å². The molecule has 0 aromatic carbocycles. The van der Waals surface area contributed by atoms with E-state index in [9.17, 15) is 9.59 Å². The Hall–Kier alpha value is -1.62. The summed E-state index contributed by atoms with van der Waals surface area (Å²) in [5.74, 6) is -1.35. The van der Waals surface area contributed by atoms with Gasteiger partial charge in [-0.25, -0.2) is 4.79 Å². The van der Waals surface area contributed by atoms with E-state index in [1.807, 2.05) is 13.0 Å². The van der Waals surface area contributed by atoms with Crippen LogP contribution in [0.1, 0.15) is 27.4 Å². The Balaban J connectivity index is 2.63. The number of thiophene rings is 1. The molecule has 92 valence electrons. The molecule has 0 aliphatic rings. The van der Waals surface area contributed by atoms with E-state index < -0.39 is 12.0 Å². The lowest BCUT2D eigenvalue weighted by Crippen LogP contribution is -2.40. The summed E-state index contributed by atoms with van der Waals surface area (Å²) in [5.41, 5.74) is 0. The maximum absolute atomic E-state index is 11.7. The van der Waals surface area contributed by atoms with Crippen LogP contribution in [0.5, 0.6) is 0 Å². The van der Waals surface area contributed by atoms with Crippen molar-refractivity contribution in [2.75, 3.05) is 0 Å². The third-order valence-corrected chi connectivity index (χ3v) is 3.23. The quantitative estimate of drug-likeness (QED) is 0.764. The summed E-state index contributed by atoms with van der Waals surface area (Å²) in [4.78, 5) is 24.2. The molecule has 5 heteroatoms. The number of allylic oxidation sites excluding steroid dienone is 1. The largest absolute Gasteiger partial charge is 0.480 e. The van der Waals surface area contributed by atoms with Gasteiger partial charge in [0.05, 0.1) is 4.88 Å². The highest BCUT2D eigenvalue weighted by Crippen LogP contribution is 2.15. The van der Waals surface area contributed by atoms with Crippen LogP contribution in [0, 0.1) is 6.92 Å². The lowest BCUT2D eigenvalue weighted by molar-refractivity contribution is -0.139. The van der Waals surface area contributed by atoms with E-state index in [4.69, 9.17) is 5.11 Å². The summed E-state index contributed by atoms with van der Waals surface area (Å²) >= 11 is 1.35. The van der Waals surface area contributed by atoms with E-state index in [1.54, 1.807) is 12.1 Å². The number of hydrogen-bond donors (Lipinski definition) is 2. The first-order chi connectivity index (χ1) is 8.04. The Labute approximate surface area is 104 Å². The normalized spacial score (nSPS) is 11.8. The van der Waals surface area contributed by atoms with Crippen molar-refractivity contribution in [2.24, 2.45) is 0 Å². The molecule has 1 aromatic heterocycles. The lowest BCUT2D eigenvalue weighted by Gasteiger charge is -2.12. The standard InChI is InChI=1S/C12H15NO3S/c1-3-4-5-9(12(15)16)13-11(14)10-7-6-8(2)17-10/h3,6-7,9H,1,4-5H2,2H3,(H,13,14)(H,15,16). The second-order valence-corrected chi connectivity index (χ2v) is 4.93. The Morgan fingerprint density at radius 1 is 1.59 bits per heavy atom. The highest BCUT2D eigenvalue weighted by atomic mass is 32.1. The topological polar surface area (TPSA) is 66.4 Å². The molecule has 1 heterocycles. The van der Waals surface area contributed by atoms with Gasteiger partial charge in [0.15, 0.2) is 0 Å². The van der Waals surface area contributed by atoms with Crippen LogP contribution < -0.4 is 5.32 Å². The van der Waals surface area contributed by atoms with Gasteiger partial charge in [-0.3, -0.25) is 4.79 Å². The number of carboxylic acid groups (broad SMARTS) is 1. The molecule has 17 heavy (non-hydrogen) atoms. The van der Waals surface area contributed by atoms with Gasteiger partial charge < -0.3 is 10.4 Å².